The van der Waals surface area contributed by atoms with Gasteiger partial charge >= 0.3 is 5.97 Å². The number of esters is 1. The van der Waals surface area contributed by atoms with Crippen LogP contribution in [0, 0.1) is 0 Å². The van der Waals surface area contributed by atoms with Crippen LogP contribution in [0.4, 0.5) is 0 Å². The molecule has 172 valence electrons. The predicted molar refractivity (Wildman–Crippen MR) is 128 cm³/mol. The molecule has 2 aromatic carbocycles. The fourth-order valence-corrected chi connectivity index (χ4v) is 5.07. The van der Waals surface area contributed by atoms with E-state index in [1.807, 2.05) is 30.3 Å². The number of aryl methyl sites for hydroxylation is 1. The summed E-state index contributed by atoms with van der Waals surface area (Å²) in [6, 6.07) is 20.7. The number of carbonyl (C=O) groups is 1. The van der Waals surface area contributed by atoms with Gasteiger partial charge in [-0.15, -0.1) is 0 Å². The summed E-state index contributed by atoms with van der Waals surface area (Å²) in [5.41, 5.74) is 2.56. The molecule has 2 aliphatic heterocycles. The maximum absolute atomic E-state index is 12.6. The molecule has 2 saturated heterocycles. The van der Waals surface area contributed by atoms with Crippen molar-refractivity contribution in [3.63, 3.8) is 0 Å². The lowest BCUT2D eigenvalue weighted by Crippen LogP contribution is -2.65. The maximum atomic E-state index is 12.6. The van der Waals surface area contributed by atoms with Gasteiger partial charge in [0.1, 0.15) is 6.61 Å². The van der Waals surface area contributed by atoms with Crippen molar-refractivity contribution < 1.29 is 9.53 Å². The number of hydrogen-bond donors (Lipinski definition) is 1. The number of benzene rings is 2. The molecule has 2 aliphatic rings. The summed E-state index contributed by atoms with van der Waals surface area (Å²) >= 11 is 0. The number of ether oxygens (including phenoxy) is 1. The number of carbonyl (C=O) groups excluding carboxylic acids is 1. The molecule has 5 nitrogen and oxygen atoms in total. The van der Waals surface area contributed by atoms with E-state index in [2.05, 4.69) is 45.4 Å². The molecule has 0 unspecified atom stereocenters. The summed E-state index contributed by atoms with van der Waals surface area (Å²) < 4.78 is 5.58. The van der Waals surface area contributed by atoms with Crippen molar-refractivity contribution in [3.8, 4) is 0 Å². The summed E-state index contributed by atoms with van der Waals surface area (Å²) in [6.07, 6.45) is 5.89. The van der Waals surface area contributed by atoms with Crippen molar-refractivity contribution in [1.82, 2.24) is 15.1 Å². The van der Waals surface area contributed by atoms with E-state index in [1.165, 1.54) is 31.4 Å². The van der Waals surface area contributed by atoms with Crippen LogP contribution in [0.1, 0.15) is 36.8 Å². The zero-order valence-corrected chi connectivity index (χ0v) is 19.2. The van der Waals surface area contributed by atoms with Crippen molar-refractivity contribution in [2.24, 2.45) is 0 Å². The summed E-state index contributed by atoms with van der Waals surface area (Å²) in [5.74, 6) is -0.113. The lowest BCUT2D eigenvalue weighted by molar-refractivity contribution is -0.149. The Morgan fingerprint density at radius 3 is 2.31 bits per heavy atom. The van der Waals surface area contributed by atoms with Gasteiger partial charge in [0.15, 0.2) is 0 Å². The van der Waals surface area contributed by atoms with Crippen molar-refractivity contribution >= 4 is 5.97 Å². The van der Waals surface area contributed by atoms with E-state index in [4.69, 9.17) is 4.74 Å². The molecule has 0 radical (unpaired) electrons. The molecule has 4 rings (SSSR count). The number of hydrogen-bond acceptors (Lipinski definition) is 5. The van der Waals surface area contributed by atoms with Gasteiger partial charge in [-0.25, -0.2) is 0 Å². The van der Waals surface area contributed by atoms with E-state index >= 15 is 0 Å². The molecule has 1 spiro atoms. The molecule has 0 amide bonds. The van der Waals surface area contributed by atoms with Crippen LogP contribution in [0.15, 0.2) is 60.7 Å². The highest BCUT2D eigenvalue weighted by Gasteiger charge is 2.42. The molecule has 2 heterocycles. The van der Waals surface area contributed by atoms with E-state index in [9.17, 15) is 4.79 Å². The smallest absolute Gasteiger partial charge is 0.320 e. The third-order valence-corrected chi connectivity index (χ3v) is 7.07. The summed E-state index contributed by atoms with van der Waals surface area (Å²) in [4.78, 5) is 17.6. The average Bonchev–Trinajstić information content (AvgIpc) is 2.84. The van der Waals surface area contributed by atoms with Crippen LogP contribution < -0.4 is 5.32 Å². The standard InChI is InChI=1S/C27H37N3O2/c31-26(32-22-25-12-5-2-6-13-25)21-30-20-16-28-23-27(30)14-18-29(19-15-27)17-8-7-11-24-9-3-1-4-10-24/h1-6,9-10,12-13,28H,7-8,11,14-23H2. The Bertz CT molecular complexity index is 819. The van der Waals surface area contributed by atoms with Gasteiger partial charge in [0.05, 0.1) is 6.54 Å². The molecule has 5 heteroatoms. The lowest BCUT2D eigenvalue weighted by Gasteiger charge is -2.51. The number of piperazine rings is 1. The molecular weight excluding hydrogens is 398 g/mol. The Labute approximate surface area is 192 Å². The summed E-state index contributed by atoms with van der Waals surface area (Å²) in [7, 11) is 0. The van der Waals surface area contributed by atoms with E-state index in [0.717, 1.165) is 51.1 Å². The Balaban J connectivity index is 1.20. The molecule has 2 aromatic rings. The van der Waals surface area contributed by atoms with Crippen LogP contribution >= 0.6 is 0 Å². The number of piperidine rings is 1. The molecule has 0 atom stereocenters. The molecule has 0 aromatic heterocycles. The molecule has 1 N–H and O–H groups in total. The minimum atomic E-state index is -0.113. The third-order valence-electron chi connectivity index (χ3n) is 7.07. The van der Waals surface area contributed by atoms with Crippen LogP contribution in [0.3, 0.4) is 0 Å². The predicted octanol–water partition coefficient (Wildman–Crippen LogP) is 3.49. The van der Waals surface area contributed by atoms with Crippen LogP contribution in [-0.4, -0.2) is 67.1 Å². The van der Waals surface area contributed by atoms with Gasteiger partial charge < -0.3 is 15.0 Å². The Morgan fingerprint density at radius 2 is 1.59 bits per heavy atom. The Morgan fingerprint density at radius 1 is 0.906 bits per heavy atom. The van der Waals surface area contributed by atoms with E-state index < -0.39 is 0 Å². The molecular formula is C27H37N3O2. The first kappa shape index (κ1) is 23.0. The number of nitrogens with zero attached hydrogens (tertiary/aromatic N) is 2. The molecule has 0 bridgehead atoms. The molecule has 2 fully saturated rings. The molecule has 0 aliphatic carbocycles. The zero-order valence-electron chi connectivity index (χ0n) is 19.2. The maximum Gasteiger partial charge on any atom is 0.320 e. The minimum Gasteiger partial charge on any atom is -0.460 e. The van der Waals surface area contributed by atoms with Crippen molar-refractivity contribution in [2.75, 3.05) is 45.8 Å². The number of rotatable bonds is 9. The van der Waals surface area contributed by atoms with Crippen LogP contribution in [0.2, 0.25) is 0 Å². The van der Waals surface area contributed by atoms with Crippen LogP contribution in [-0.2, 0) is 22.6 Å². The number of nitrogens with one attached hydrogen (secondary N) is 1. The van der Waals surface area contributed by atoms with E-state index in [-0.39, 0.29) is 11.5 Å². The van der Waals surface area contributed by atoms with Gasteiger partial charge in [-0.3, -0.25) is 9.69 Å². The SMILES string of the molecule is O=C(CN1CCNCC12CCN(CCCCc1ccccc1)CC2)OCc1ccccc1. The van der Waals surface area contributed by atoms with Gasteiger partial charge in [0.25, 0.3) is 0 Å². The minimum absolute atomic E-state index is 0.0879. The molecule has 0 saturated carbocycles. The van der Waals surface area contributed by atoms with E-state index in [0.29, 0.717) is 13.2 Å². The third kappa shape index (κ3) is 6.41. The molecule has 32 heavy (non-hydrogen) atoms. The topological polar surface area (TPSA) is 44.8 Å². The lowest BCUT2D eigenvalue weighted by atomic mass is 9.84. The van der Waals surface area contributed by atoms with Crippen LogP contribution in [0.25, 0.3) is 0 Å². The summed E-state index contributed by atoms with van der Waals surface area (Å²) in [5, 5.41) is 3.58. The number of likely N-dealkylation sites (tertiary alicyclic amines) is 1. The van der Waals surface area contributed by atoms with Gasteiger partial charge in [-0.05, 0) is 62.9 Å². The second-order valence-electron chi connectivity index (χ2n) is 9.25. The van der Waals surface area contributed by atoms with E-state index in [1.54, 1.807) is 0 Å². The highest BCUT2D eigenvalue weighted by molar-refractivity contribution is 5.71. The second-order valence-corrected chi connectivity index (χ2v) is 9.25. The van der Waals surface area contributed by atoms with Gasteiger partial charge in [-0.2, -0.15) is 0 Å². The fraction of sp³-hybridized carbons (Fsp3) is 0.519. The van der Waals surface area contributed by atoms with Crippen LogP contribution in [0.5, 0.6) is 0 Å². The largest absolute Gasteiger partial charge is 0.460 e. The Kier molecular flexibility index (Phi) is 8.32. The first-order chi connectivity index (χ1) is 15.7. The highest BCUT2D eigenvalue weighted by atomic mass is 16.5. The highest BCUT2D eigenvalue weighted by Crippen LogP contribution is 2.30. The van der Waals surface area contributed by atoms with Gasteiger partial charge in [0.2, 0.25) is 0 Å². The van der Waals surface area contributed by atoms with Crippen molar-refractivity contribution in [1.29, 1.82) is 0 Å². The average molecular weight is 436 g/mol. The first-order valence-electron chi connectivity index (χ1n) is 12.2. The normalized spacial score (nSPS) is 19.1. The Hall–Kier alpha value is -2.21. The zero-order chi connectivity index (χ0) is 22.1. The van der Waals surface area contributed by atoms with Gasteiger partial charge in [-0.1, -0.05) is 60.7 Å². The second kappa shape index (κ2) is 11.6. The summed E-state index contributed by atoms with van der Waals surface area (Å²) in [6.45, 7) is 6.98. The van der Waals surface area contributed by atoms with Crippen molar-refractivity contribution in [3.05, 3.63) is 71.8 Å². The first-order valence-corrected chi connectivity index (χ1v) is 12.2. The monoisotopic (exact) mass is 435 g/mol. The quantitative estimate of drug-likeness (QED) is 0.483. The van der Waals surface area contributed by atoms with Gasteiger partial charge in [0, 0.05) is 25.2 Å². The fourth-order valence-electron chi connectivity index (χ4n) is 5.07. The van der Waals surface area contributed by atoms with Crippen molar-refractivity contribution in [2.45, 2.75) is 44.2 Å². The number of unbranched alkanes of at least 4 members (excludes halogenated alkanes) is 1.